The van der Waals surface area contributed by atoms with Gasteiger partial charge in [0, 0.05) is 21.9 Å². The van der Waals surface area contributed by atoms with Crippen LogP contribution in [0, 0.1) is 10.1 Å². The molecule has 0 unspecified atom stereocenters. The zero-order valence-corrected chi connectivity index (χ0v) is 12.4. The minimum absolute atomic E-state index is 0.0534. The molecule has 2 aromatic rings. The highest BCUT2D eigenvalue weighted by Crippen LogP contribution is 2.41. The van der Waals surface area contributed by atoms with E-state index in [-0.39, 0.29) is 4.90 Å². The van der Waals surface area contributed by atoms with Crippen molar-refractivity contribution in [3.63, 3.8) is 0 Å². The Morgan fingerprint density at radius 1 is 1.14 bits per heavy atom. The van der Waals surface area contributed by atoms with Gasteiger partial charge < -0.3 is 0 Å². The zero-order valence-electron chi connectivity index (χ0n) is 11.6. The second-order valence-electron chi connectivity index (χ2n) is 4.53. The number of non-ortho nitro benzene ring substituents is 1. The van der Waals surface area contributed by atoms with Gasteiger partial charge in [0.1, 0.15) is 0 Å². The molecule has 0 aliphatic heterocycles. The zero-order chi connectivity index (χ0) is 16.3. The van der Waals surface area contributed by atoms with Crippen molar-refractivity contribution in [2.75, 3.05) is 0 Å². The van der Waals surface area contributed by atoms with Gasteiger partial charge in [-0.3, -0.25) is 10.1 Å². The van der Waals surface area contributed by atoms with Gasteiger partial charge in [0.05, 0.1) is 10.5 Å². The maximum absolute atomic E-state index is 13.1. The van der Waals surface area contributed by atoms with E-state index in [1.165, 1.54) is 0 Å². The third-order valence-corrected chi connectivity index (χ3v) is 4.12. The molecule has 0 saturated heterocycles. The van der Waals surface area contributed by atoms with Crippen molar-refractivity contribution in [1.29, 1.82) is 0 Å². The van der Waals surface area contributed by atoms with Crippen LogP contribution in [0.1, 0.15) is 18.1 Å². The molecule has 2 rings (SSSR count). The Bertz CT molecular complexity index is 684. The van der Waals surface area contributed by atoms with Crippen LogP contribution in [0.3, 0.4) is 0 Å². The third-order valence-electron chi connectivity index (χ3n) is 3.04. The molecule has 0 amide bonds. The van der Waals surface area contributed by atoms with Crippen molar-refractivity contribution >= 4 is 17.4 Å². The topological polar surface area (TPSA) is 43.1 Å². The fraction of sp³-hybridized carbons (Fsp3) is 0.200. The average Bonchev–Trinajstić information content (AvgIpc) is 2.47. The molecule has 0 aliphatic carbocycles. The van der Waals surface area contributed by atoms with E-state index in [1.807, 2.05) is 19.1 Å². The first-order valence-corrected chi connectivity index (χ1v) is 7.25. The third kappa shape index (κ3) is 3.79. The molecule has 116 valence electrons. The minimum Gasteiger partial charge on any atom is -0.258 e. The van der Waals surface area contributed by atoms with Gasteiger partial charge in [0.25, 0.3) is 5.69 Å². The first kappa shape index (κ1) is 16.4. The number of nitro benzene ring substituents is 1. The van der Waals surface area contributed by atoms with Gasteiger partial charge in [-0.05, 0) is 30.2 Å². The van der Waals surface area contributed by atoms with Crippen LogP contribution in [0.2, 0.25) is 0 Å². The highest BCUT2D eigenvalue weighted by Gasteiger charge is 2.35. The number of aryl methyl sites for hydroxylation is 1. The van der Waals surface area contributed by atoms with Crippen molar-refractivity contribution in [3.8, 4) is 0 Å². The summed E-state index contributed by atoms with van der Waals surface area (Å²) in [6.45, 7) is 1.99. The molecular formula is C15H12F3NO2S. The summed E-state index contributed by atoms with van der Waals surface area (Å²) in [6, 6.07) is 9.97. The monoisotopic (exact) mass is 327 g/mol. The number of halogens is 3. The minimum atomic E-state index is -4.64. The fourth-order valence-electron chi connectivity index (χ4n) is 1.86. The lowest BCUT2D eigenvalue weighted by Gasteiger charge is -2.12. The van der Waals surface area contributed by atoms with Crippen LogP contribution < -0.4 is 0 Å². The van der Waals surface area contributed by atoms with Crippen LogP contribution >= 0.6 is 11.8 Å². The van der Waals surface area contributed by atoms with Crippen LogP contribution in [-0.2, 0) is 12.6 Å². The summed E-state index contributed by atoms with van der Waals surface area (Å²) >= 11 is 0.938. The highest BCUT2D eigenvalue weighted by atomic mass is 32.2. The van der Waals surface area contributed by atoms with Crippen molar-refractivity contribution in [2.24, 2.45) is 0 Å². The predicted octanol–water partition coefficient (Wildman–Crippen LogP) is 5.33. The Hall–Kier alpha value is -2.02. The summed E-state index contributed by atoms with van der Waals surface area (Å²) in [5.41, 5.74) is -0.478. The molecule has 0 fully saturated rings. The Kier molecular flexibility index (Phi) is 4.75. The standard InChI is InChI=1S/C15H12F3NO2S/c1-2-10-3-6-12(7-4-10)22-14-8-5-11(19(20)21)9-13(14)15(16,17)18/h3-9H,2H2,1H3. The largest absolute Gasteiger partial charge is 0.417 e. The van der Waals surface area contributed by atoms with Crippen molar-refractivity contribution in [2.45, 2.75) is 29.3 Å². The van der Waals surface area contributed by atoms with Crippen LogP contribution in [0.4, 0.5) is 18.9 Å². The summed E-state index contributed by atoms with van der Waals surface area (Å²) in [4.78, 5) is 10.4. The normalized spacial score (nSPS) is 11.5. The Balaban J connectivity index is 2.38. The Morgan fingerprint density at radius 3 is 2.27 bits per heavy atom. The van der Waals surface area contributed by atoms with Gasteiger partial charge in [-0.2, -0.15) is 13.2 Å². The number of rotatable bonds is 4. The number of nitrogens with zero attached hydrogens (tertiary/aromatic N) is 1. The first-order valence-electron chi connectivity index (χ1n) is 6.43. The van der Waals surface area contributed by atoms with E-state index in [9.17, 15) is 23.3 Å². The lowest BCUT2D eigenvalue weighted by atomic mass is 10.2. The van der Waals surface area contributed by atoms with E-state index >= 15 is 0 Å². The maximum atomic E-state index is 13.1. The van der Waals surface area contributed by atoms with E-state index in [0.29, 0.717) is 11.0 Å². The van der Waals surface area contributed by atoms with Crippen LogP contribution in [0.25, 0.3) is 0 Å². The smallest absolute Gasteiger partial charge is 0.258 e. The van der Waals surface area contributed by atoms with Crippen LogP contribution in [0.15, 0.2) is 52.3 Å². The Labute approximate surface area is 129 Å². The summed E-state index contributed by atoms with van der Waals surface area (Å²) in [5, 5.41) is 10.7. The predicted molar refractivity (Wildman–Crippen MR) is 78.0 cm³/mol. The van der Waals surface area contributed by atoms with Crippen LogP contribution in [0.5, 0.6) is 0 Å². The molecule has 0 aliphatic rings. The Morgan fingerprint density at radius 2 is 1.77 bits per heavy atom. The van der Waals surface area contributed by atoms with Crippen molar-refractivity contribution < 1.29 is 18.1 Å². The summed E-state index contributed by atoms with van der Waals surface area (Å²) < 4.78 is 39.2. The quantitative estimate of drug-likeness (QED) is 0.563. The van der Waals surface area contributed by atoms with E-state index in [0.717, 1.165) is 35.9 Å². The molecular weight excluding hydrogens is 315 g/mol. The lowest BCUT2D eigenvalue weighted by molar-refractivity contribution is -0.385. The summed E-state index contributed by atoms with van der Waals surface area (Å²) in [5.74, 6) is 0. The molecule has 0 radical (unpaired) electrons. The molecule has 0 bridgehead atoms. The van der Waals surface area contributed by atoms with E-state index in [2.05, 4.69) is 0 Å². The van der Waals surface area contributed by atoms with Gasteiger partial charge in [-0.1, -0.05) is 30.8 Å². The second kappa shape index (κ2) is 6.39. The van der Waals surface area contributed by atoms with E-state index in [4.69, 9.17) is 0 Å². The molecule has 0 saturated carbocycles. The lowest BCUT2D eigenvalue weighted by Crippen LogP contribution is -2.07. The van der Waals surface area contributed by atoms with Gasteiger partial charge in [-0.25, -0.2) is 0 Å². The second-order valence-corrected chi connectivity index (χ2v) is 5.65. The summed E-state index contributed by atoms with van der Waals surface area (Å²) in [6.07, 6.45) is -3.80. The summed E-state index contributed by atoms with van der Waals surface area (Å²) in [7, 11) is 0. The van der Waals surface area contributed by atoms with Gasteiger partial charge in [0.2, 0.25) is 0 Å². The first-order chi connectivity index (χ1) is 10.3. The van der Waals surface area contributed by atoms with Crippen molar-refractivity contribution in [1.82, 2.24) is 0 Å². The van der Waals surface area contributed by atoms with E-state index < -0.39 is 22.4 Å². The molecule has 3 nitrogen and oxygen atoms in total. The highest BCUT2D eigenvalue weighted by molar-refractivity contribution is 7.99. The fourth-order valence-corrected chi connectivity index (χ4v) is 2.81. The molecule has 7 heteroatoms. The van der Waals surface area contributed by atoms with Gasteiger partial charge >= 0.3 is 6.18 Å². The van der Waals surface area contributed by atoms with Crippen LogP contribution in [-0.4, -0.2) is 4.92 Å². The number of nitro groups is 1. The molecule has 0 aromatic heterocycles. The number of hydrogen-bond acceptors (Lipinski definition) is 3. The average molecular weight is 327 g/mol. The molecule has 0 N–H and O–H groups in total. The molecule has 0 spiro atoms. The molecule has 0 heterocycles. The molecule has 22 heavy (non-hydrogen) atoms. The van der Waals surface area contributed by atoms with Gasteiger partial charge in [-0.15, -0.1) is 0 Å². The molecule has 2 aromatic carbocycles. The van der Waals surface area contributed by atoms with Gasteiger partial charge in [0.15, 0.2) is 0 Å². The number of hydrogen-bond donors (Lipinski definition) is 0. The maximum Gasteiger partial charge on any atom is 0.417 e. The number of alkyl halides is 3. The SMILES string of the molecule is CCc1ccc(Sc2ccc([N+](=O)[O-])cc2C(F)(F)F)cc1. The van der Waals surface area contributed by atoms with E-state index in [1.54, 1.807) is 12.1 Å². The van der Waals surface area contributed by atoms with Crippen molar-refractivity contribution in [3.05, 3.63) is 63.7 Å². The number of benzene rings is 2. The molecule has 0 atom stereocenters.